The monoisotopic (exact) mass is 441 g/mol. The van der Waals surface area contributed by atoms with E-state index < -0.39 is 15.7 Å². The third-order valence-corrected chi connectivity index (χ3v) is 5.70. The molecule has 3 heterocycles. The van der Waals surface area contributed by atoms with Gasteiger partial charge in [0.1, 0.15) is 18.0 Å². The van der Waals surface area contributed by atoms with Crippen LogP contribution in [0.5, 0.6) is 0 Å². The highest BCUT2D eigenvalue weighted by molar-refractivity contribution is 7.85. The fraction of sp³-hybridized carbons (Fsp3) is 0.238. The van der Waals surface area contributed by atoms with E-state index >= 15 is 0 Å². The predicted octanol–water partition coefficient (Wildman–Crippen LogP) is 2.17. The van der Waals surface area contributed by atoms with Crippen LogP contribution in [0.1, 0.15) is 18.9 Å². The Bertz CT molecular complexity index is 1410. The first kappa shape index (κ1) is 20.9. The predicted molar refractivity (Wildman–Crippen MR) is 113 cm³/mol. The fourth-order valence-electron chi connectivity index (χ4n) is 3.45. The minimum atomic E-state index is -3.99. The van der Waals surface area contributed by atoms with Gasteiger partial charge in [-0.05, 0) is 30.2 Å². The standard InChI is InChI=1S/C21H20N4O5S/c1-2-15-6-3-8-17-18(15)21(26)30-20(23-17)16-7-4-9-22-19(16)25-12-11-24(14-25)10-5-13-31(27,28)29/h3-4,6-9,11-12,14H,2,5,10,13H2,1H3/p+1. The molecule has 0 radical (unpaired) electrons. The zero-order valence-electron chi connectivity index (χ0n) is 16.8. The Morgan fingerprint density at radius 2 is 2.06 bits per heavy atom. The van der Waals surface area contributed by atoms with Gasteiger partial charge in [-0.1, -0.05) is 19.1 Å². The number of fused-ring (bicyclic) bond motifs is 1. The molecule has 0 unspecified atom stereocenters. The number of rotatable bonds is 7. The van der Waals surface area contributed by atoms with Crippen LogP contribution in [-0.2, 0) is 23.1 Å². The highest BCUT2D eigenvalue weighted by Crippen LogP contribution is 2.24. The number of nitrogens with zero attached hydrogens (tertiary/aromatic N) is 4. The lowest BCUT2D eigenvalue weighted by molar-refractivity contribution is -0.696. The Morgan fingerprint density at radius 1 is 1.23 bits per heavy atom. The summed E-state index contributed by atoms with van der Waals surface area (Å²) in [7, 11) is -3.99. The summed E-state index contributed by atoms with van der Waals surface area (Å²) >= 11 is 0. The minimum Gasteiger partial charge on any atom is -0.403 e. The summed E-state index contributed by atoms with van der Waals surface area (Å²) in [5, 5.41) is 0.483. The van der Waals surface area contributed by atoms with Gasteiger partial charge in [0.15, 0.2) is 0 Å². The summed E-state index contributed by atoms with van der Waals surface area (Å²) in [4.78, 5) is 21.7. The van der Waals surface area contributed by atoms with Gasteiger partial charge in [0.25, 0.3) is 10.1 Å². The van der Waals surface area contributed by atoms with Gasteiger partial charge in [-0.15, -0.1) is 0 Å². The van der Waals surface area contributed by atoms with Gasteiger partial charge in [0.05, 0.1) is 23.2 Å². The first-order valence-corrected chi connectivity index (χ1v) is 11.4. The molecular weight excluding hydrogens is 420 g/mol. The molecule has 0 aliphatic heterocycles. The van der Waals surface area contributed by atoms with Gasteiger partial charge >= 0.3 is 5.63 Å². The van der Waals surface area contributed by atoms with E-state index in [9.17, 15) is 13.2 Å². The van der Waals surface area contributed by atoms with E-state index in [1.807, 2.05) is 19.1 Å². The normalized spacial score (nSPS) is 11.8. The summed E-state index contributed by atoms with van der Waals surface area (Å²) in [6.07, 6.45) is 7.85. The maximum atomic E-state index is 12.7. The van der Waals surface area contributed by atoms with E-state index in [0.29, 0.717) is 35.2 Å². The van der Waals surface area contributed by atoms with Crippen molar-refractivity contribution in [3.63, 3.8) is 0 Å². The molecule has 9 nitrogen and oxygen atoms in total. The van der Waals surface area contributed by atoms with Crippen molar-refractivity contribution in [2.75, 3.05) is 5.75 Å². The maximum absolute atomic E-state index is 12.7. The minimum absolute atomic E-state index is 0.167. The van der Waals surface area contributed by atoms with E-state index in [1.54, 1.807) is 52.3 Å². The van der Waals surface area contributed by atoms with Crippen molar-refractivity contribution in [3.8, 4) is 17.3 Å². The lowest BCUT2D eigenvalue weighted by Crippen LogP contribution is -2.32. The Labute approximate surface area is 178 Å². The van der Waals surface area contributed by atoms with E-state index in [2.05, 4.69) is 9.97 Å². The summed E-state index contributed by atoms with van der Waals surface area (Å²) in [5.74, 6) is 0.365. The molecule has 0 bridgehead atoms. The van der Waals surface area contributed by atoms with Gasteiger partial charge in [-0.2, -0.15) is 13.0 Å². The van der Waals surface area contributed by atoms with Crippen molar-refractivity contribution < 1.29 is 22.0 Å². The second-order valence-electron chi connectivity index (χ2n) is 7.04. The van der Waals surface area contributed by atoms with Crippen LogP contribution in [0.25, 0.3) is 28.2 Å². The number of hydrogen-bond donors (Lipinski definition) is 1. The molecule has 0 saturated heterocycles. The molecule has 1 N–H and O–H groups in total. The third kappa shape index (κ3) is 4.54. The van der Waals surface area contributed by atoms with Gasteiger partial charge in [0, 0.05) is 12.6 Å². The molecule has 0 amide bonds. The van der Waals surface area contributed by atoms with Crippen molar-refractivity contribution in [2.24, 2.45) is 0 Å². The molecule has 10 heteroatoms. The average molecular weight is 441 g/mol. The molecule has 0 spiro atoms. The SMILES string of the molecule is CCc1cccc2nc(-c3cccnc3-n3cc[n+](CCCS(=O)(=O)O)c3)oc(=O)c12. The summed E-state index contributed by atoms with van der Waals surface area (Å²) in [5.41, 5.74) is 1.55. The van der Waals surface area contributed by atoms with Gasteiger partial charge in [-0.3, -0.25) is 4.55 Å². The van der Waals surface area contributed by atoms with Gasteiger partial charge in [0.2, 0.25) is 18.0 Å². The number of aryl methyl sites for hydroxylation is 2. The lowest BCUT2D eigenvalue weighted by Gasteiger charge is -2.06. The highest BCUT2D eigenvalue weighted by atomic mass is 32.2. The topological polar surface area (TPSA) is 119 Å². The highest BCUT2D eigenvalue weighted by Gasteiger charge is 2.19. The average Bonchev–Trinajstić information content (AvgIpc) is 3.21. The lowest BCUT2D eigenvalue weighted by atomic mass is 10.1. The molecular formula is C21H21N4O5S+. The first-order valence-electron chi connectivity index (χ1n) is 9.76. The molecule has 160 valence electrons. The quantitative estimate of drug-likeness (QED) is 0.345. The zero-order chi connectivity index (χ0) is 22.0. The van der Waals surface area contributed by atoms with Crippen LogP contribution >= 0.6 is 0 Å². The Balaban J connectivity index is 1.71. The van der Waals surface area contributed by atoms with Crippen LogP contribution < -0.4 is 10.2 Å². The molecule has 0 aliphatic carbocycles. The second kappa shape index (κ2) is 8.40. The van der Waals surface area contributed by atoms with Crippen molar-refractivity contribution in [1.82, 2.24) is 14.5 Å². The third-order valence-electron chi connectivity index (χ3n) is 4.90. The molecule has 3 aromatic heterocycles. The molecule has 31 heavy (non-hydrogen) atoms. The van der Waals surface area contributed by atoms with E-state index in [4.69, 9.17) is 8.97 Å². The largest absolute Gasteiger partial charge is 0.403 e. The van der Waals surface area contributed by atoms with Crippen molar-refractivity contribution in [2.45, 2.75) is 26.3 Å². The molecule has 0 aliphatic rings. The Hall–Kier alpha value is -3.37. The molecule has 0 saturated carbocycles. The second-order valence-corrected chi connectivity index (χ2v) is 8.62. The first-order chi connectivity index (χ1) is 14.9. The van der Waals surface area contributed by atoms with Crippen LogP contribution in [0.15, 0.2) is 64.5 Å². The summed E-state index contributed by atoms with van der Waals surface area (Å²) < 4.78 is 39.8. The van der Waals surface area contributed by atoms with Crippen molar-refractivity contribution in [1.29, 1.82) is 0 Å². The summed E-state index contributed by atoms with van der Waals surface area (Å²) in [6.45, 7) is 2.37. The van der Waals surface area contributed by atoms with Crippen LogP contribution in [0.2, 0.25) is 0 Å². The van der Waals surface area contributed by atoms with Crippen molar-refractivity contribution >= 4 is 21.0 Å². The molecule has 0 fully saturated rings. The Morgan fingerprint density at radius 3 is 2.84 bits per heavy atom. The Kier molecular flexibility index (Phi) is 5.66. The number of hydrogen-bond acceptors (Lipinski definition) is 6. The molecule has 4 rings (SSSR count). The van der Waals surface area contributed by atoms with E-state index in [1.165, 1.54) is 0 Å². The van der Waals surface area contributed by atoms with E-state index in [0.717, 1.165) is 5.56 Å². The maximum Gasteiger partial charge on any atom is 0.347 e. The van der Waals surface area contributed by atoms with Crippen LogP contribution in [-0.4, -0.2) is 33.3 Å². The van der Waals surface area contributed by atoms with Crippen LogP contribution in [0.3, 0.4) is 0 Å². The van der Waals surface area contributed by atoms with Gasteiger partial charge in [-0.25, -0.2) is 19.3 Å². The number of imidazole rings is 1. The number of pyridine rings is 1. The van der Waals surface area contributed by atoms with Crippen LogP contribution in [0, 0.1) is 0 Å². The van der Waals surface area contributed by atoms with Gasteiger partial charge < -0.3 is 4.42 Å². The van der Waals surface area contributed by atoms with Crippen LogP contribution in [0.4, 0.5) is 0 Å². The number of benzene rings is 1. The zero-order valence-corrected chi connectivity index (χ0v) is 17.6. The molecule has 0 atom stereocenters. The number of aromatic nitrogens is 4. The molecule has 1 aromatic carbocycles. The fourth-order valence-corrected chi connectivity index (χ4v) is 3.94. The molecule has 4 aromatic rings. The van der Waals surface area contributed by atoms with E-state index in [-0.39, 0.29) is 18.1 Å². The summed E-state index contributed by atoms with van der Waals surface area (Å²) in [6, 6.07) is 9.03. The smallest absolute Gasteiger partial charge is 0.347 e. The van der Waals surface area contributed by atoms with Crippen molar-refractivity contribution in [3.05, 3.63) is 71.2 Å².